The van der Waals surface area contributed by atoms with Gasteiger partial charge < -0.3 is 15.2 Å². The zero-order valence-electron chi connectivity index (χ0n) is 11.1. The number of carbonyl (C=O) groups excluding carboxylic acids is 2. The van der Waals surface area contributed by atoms with Crippen molar-refractivity contribution in [2.24, 2.45) is 10.8 Å². The van der Waals surface area contributed by atoms with Gasteiger partial charge in [-0.3, -0.25) is 4.79 Å². The van der Waals surface area contributed by atoms with Gasteiger partial charge in [0, 0.05) is 29.4 Å². The molecule has 100 valence electrons. The fourth-order valence-corrected chi connectivity index (χ4v) is 6.13. The van der Waals surface area contributed by atoms with Gasteiger partial charge in [-0.05, 0) is 19.3 Å². The number of hydrogen-bond acceptors (Lipinski definition) is 5. The molecule has 0 aromatic rings. The number of carboxylic acid groups (broad SMARTS) is 1. The molecule has 7 heteroatoms. The first-order valence-corrected chi connectivity index (χ1v) is 8.43. The summed E-state index contributed by atoms with van der Waals surface area (Å²) in [7, 11) is 0. The molecule has 0 bridgehead atoms. The molecule has 3 aliphatic rings. The van der Waals surface area contributed by atoms with E-state index in [-0.39, 0.29) is 35.5 Å². The van der Waals surface area contributed by atoms with Gasteiger partial charge in [-0.15, -0.1) is 23.5 Å². The quantitative estimate of drug-likeness (QED) is 0.569. The summed E-state index contributed by atoms with van der Waals surface area (Å²) in [6.07, 6.45) is 2.63. The van der Waals surface area contributed by atoms with Crippen LogP contribution >= 0.6 is 23.5 Å². The number of fused-ring (bicyclic) bond motifs is 1. The first-order valence-electron chi connectivity index (χ1n) is 6.34. The van der Waals surface area contributed by atoms with Crippen molar-refractivity contribution >= 4 is 35.4 Å². The maximum Gasteiger partial charge on any atom is 1.00 e. The van der Waals surface area contributed by atoms with E-state index >= 15 is 0 Å². The fourth-order valence-electron chi connectivity index (χ4n) is 3.47. The van der Waals surface area contributed by atoms with Crippen LogP contribution in [0.2, 0.25) is 0 Å². The molecule has 0 aromatic heterocycles. The second-order valence-electron chi connectivity index (χ2n) is 5.36. The summed E-state index contributed by atoms with van der Waals surface area (Å²) >= 11 is 3.73. The van der Waals surface area contributed by atoms with Crippen LogP contribution in [-0.4, -0.2) is 34.5 Å². The van der Waals surface area contributed by atoms with E-state index in [0.717, 1.165) is 17.9 Å². The molecule has 1 heterocycles. The van der Waals surface area contributed by atoms with Crippen molar-refractivity contribution in [1.29, 1.82) is 0 Å². The molecule has 0 unspecified atom stereocenters. The minimum absolute atomic E-state index is 0. The molecule has 19 heavy (non-hydrogen) atoms. The molecule has 1 N–H and O–H groups in total. The van der Waals surface area contributed by atoms with Crippen LogP contribution in [0.3, 0.4) is 0 Å². The average Bonchev–Trinajstić information content (AvgIpc) is 2.73. The number of thioether (sulfide) groups is 2. The van der Waals surface area contributed by atoms with Gasteiger partial charge in [-0.25, -0.2) is 0 Å². The van der Waals surface area contributed by atoms with Crippen molar-refractivity contribution in [2.75, 3.05) is 18.1 Å². The Kier molecular flexibility index (Phi) is 4.88. The molecule has 2 aliphatic carbocycles. The fraction of sp³-hybridized carbons (Fsp3) is 0.833. The molecular formula is C12H16NNaO3S2. The Morgan fingerprint density at radius 2 is 1.84 bits per heavy atom. The smallest absolute Gasteiger partial charge is 0.550 e. The number of carboxylic acids is 1. The van der Waals surface area contributed by atoms with Crippen LogP contribution in [-0.2, 0) is 9.59 Å². The van der Waals surface area contributed by atoms with Crippen LogP contribution in [0.25, 0.3) is 0 Å². The van der Waals surface area contributed by atoms with Crippen LogP contribution in [0.5, 0.6) is 0 Å². The third-order valence-corrected chi connectivity index (χ3v) is 7.58. The number of rotatable bonds is 4. The van der Waals surface area contributed by atoms with E-state index in [9.17, 15) is 14.7 Å². The van der Waals surface area contributed by atoms with Gasteiger partial charge in [0.1, 0.15) is 0 Å². The Bertz CT molecular complexity index is 402. The van der Waals surface area contributed by atoms with Gasteiger partial charge in [-0.2, -0.15) is 0 Å². The predicted molar refractivity (Wildman–Crippen MR) is 70.1 cm³/mol. The average molecular weight is 309 g/mol. The first kappa shape index (κ1) is 16.0. The number of nitrogens with one attached hydrogen (secondary N) is 1. The Labute approximate surface area is 143 Å². The number of carbonyl (C=O) groups is 2. The van der Waals surface area contributed by atoms with E-state index in [4.69, 9.17) is 0 Å². The van der Waals surface area contributed by atoms with Crippen molar-refractivity contribution in [3.05, 3.63) is 0 Å². The van der Waals surface area contributed by atoms with Gasteiger partial charge in [0.2, 0.25) is 5.91 Å². The van der Waals surface area contributed by atoms with E-state index in [2.05, 4.69) is 5.32 Å². The topological polar surface area (TPSA) is 69.2 Å². The molecule has 2 atom stereocenters. The van der Waals surface area contributed by atoms with Crippen molar-refractivity contribution in [3.63, 3.8) is 0 Å². The third kappa shape index (κ3) is 2.48. The Morgan fingerprint density at radius 3 is 2.42 bits per heavy atom. The molecule has 0 radical (unpaired) electrons. The Balaban J connectivity index is 0.00000133. The second-order valence-corrected chi connectivity index (χ2v) is 8.28. The maximum atomic E-state index is 12.3. The standard InChI is InChI=1S/C12H17NO3S2.Na/c14-9(13-6-8-17-4-5-18-8)11-2-1-3-12(11,7-11)10(15)16;/h8H,1-7H2,(H,13,14)(H,15,16);/q;+1/p-1/t11-,12+;/m0./s1. The van der Waals surface area contributed by atoms with Crippen molar-refractivity contribution in [1.82, 2.24) is 5.32 Å². The summed E-state index contributed by atoms with van der Waals surface area (Å²) in [5.41, 5.74) is -1.48. The van der Waals surface area contributed by atoms with Gasteiger partial charge in [0.15, 0.2) is 0 Å². The minimum Gasteiger partial charge on any atom is -0.550 e. The number of aliphatic carboxylic acids is 1. The van der Waals surface area contributed by atoms with Gasteiger partial charge in [0.25, 0.3) is 0 Å². The van der Waals surface area contributed by atoms with Gasteiger partial charge in [-0.1, -0.05) is 6.42 Å². The molecule has 4 nitrogen and oxygen atoms in total. The van der Waals surface area contributed by atoms with E-state index in [1.165, 1.54) is 0 Å². The zero-order valence-corrected chi connectivity index (χ0v) is 14.7. The van der Waals surface area contributed by atoms with E-state index < -0.39 is 16.8 Å². The SMILES string of the molecule is O=C([O-])[C@]12CCC[C@@]1(C(=O)NCC1SCCS1)C2.[Na+]. The molecular weight excluding hydrogens is 293 g/mol. The second kappa shape index (κ2) is 5.79. The van der Waals surface area contributed by atoms with Crippen LogP contribution < -0.4 is 40.0 Å². The summed E-state index contributed by atoms with van der Waals surface area (Å²) < 4.78 is 0.433. The largest absolute Gasteiger partial charge is 1.00 e. The molecule has 0 aromatic carbocycles. The van der Waals surface area contributed by atoms with E-state index in [1.807, 2.05) is 23.5 Å². The van der Waals surface area contributed by atoms with E-state index in [0.29, 0.717) is 30.4 Å². The predicted octanol–water partition coefficient (Wildman–Crippen LogP) is -2.78. The summed E-state index contributed by atoms with van der Waals surface area (Å²) in [4.78, 5) is 23.5. The first-order chi connectivity index (χ1) is 8.61. The van der Waals surface area contributed by atoms with Crippen LogP contribution in [0.1, 0.15) is 25.7 Å². The number of hydrogen-bond donors (Lipinski definition) is 1. The normalized spacial score (nSPS) is 36.4. The molecule has 1 saturated heterocycles. The van der Waals surface area contributed by atoms with Crippen LogP contribution in [0, 0.1) is 10.8 Å². The van der Waals surface area contributed by atoms with Crippen molar-refractivity contribution in [3.8, 4) is 0 Å². The molecule has 2 saturated carbocycles. The maximum absolute atomic E-state index is 12.3. The van der Waals surface area contributed by atoms with Gasteiger partial charge in [0.05, 0.1) is 10.00 Å². The zero-order chi connectivity index (χ0) is 12.8. The monoisotopic (exact) mass is 309 g/mol. The third-order valence-electron chi connectivity index (χ3n) is 4.55. The Morgan fingerprint density at radius 1 is 1.21 bits per heavy atom. The Hall–Kier alpha value is 0.640. The summed E-state index contributed by atoms with van der Waals surface area (Å²) in [6.45, 7) is 0.652. The van der Waals surface area contributed by atoms with Crippen molar-refractivity contribution in [2.45, 2.75) is 30.3 Å². The van der Waals surface area contributed by atoms with Gasteiger partial charge >= 0.3 is 29.6 Å². The number of amides is 1. The molecule has 1 aliphatic heterocycles. The molecule has 3 rings (SSSR count). The van der Waals surface area contributed by atoms with Crippen LogP contribution in [0.4, 0.5) is 0 Å². The molecule has 3 fully saturated rings. The van der Waals surface area contributed by atoms with Crippen molar-refractivity contribution < 1.29 is 44.3 Å². The minimum atomic E-state index is -1.03. The molecule has 0 spiro atoms. The van der Waals surface area contributed by atoms with E-state index in [1.54, 1.807) is 0 Å². The summed E-state index contributed by atoms with van der Waals surface area (Å²) in [6, 6.07) is 0. The molecule has 1 amide bonds. The summed E-state index contributed by atoms with van der Waals surface area (Å²) in [5, 5.41) is 14.2. The summed E-state index contributed by atoms with van der Waals surface area (Å²) in [5.74, 6) is 1.19. The van der Waals surface area contributed by atoms with Crippen LogP contribution in [0.15, 0.2) is 0 Å².